The van der Waals surface area contributed by atoms with Crippen LogP contribution in [0.1, 0.15) is 64.9 Å². The van der Waals surface area contributed by atoms with Crippen LogP contribution in [0.25, 0.3) is 0 Å². The standard InChI is InChI=1S/C8H9O.3C4H9.Sn/c1-7-4-3-5-8(6-7)9-2;3*1-3-4-2;/h3-4,6H,1-2H3;3*1,3-4H2,2H3;. The fourth-order valence-electron chi connectivity index (χ4n) is 3.56. The van der Waals surface area contributed by atoms with Gasteiger partial charge in [-0.25, -0.2) is 0 Å². The van der Waals surface area contributed by atoms with Gasteiger partial charge in [0, 0.05) is 0 Å². The molecule has 0 spiro atoms. The topological polar surface area (TPSA) is 9.23 Å². The molecule has 0 heterocycles. The number of aryl methyl sites for hydroxylation is 1. The van der Waals surface area contributed by atoms with E-state index < -0.39 is 18.4 Å². The maximum atomic E-state index is 5.82. The number of hydrogen-bond acceptors (Lipinski definition) is 1. The van der Waals surface area contributed by atoms with Gasteiger partial charge in [0.25, 0.3) is 0 Å². The van der Waals surface area contributed by atoms with Crippen LogP contribution >= 0.6 is 0 Å². The van der Waals surface area contributed by atoms with Crippen LogP contribution in [0.15, 0.2) is 18.2 Å². The number of rotatable bonds is 11. The summed E-state index contributed by atoms with van der Waals surface area (Å²) in [6, 6.07) is 7.02. The van der Waals surface area contributed by atoms with E-state index in [-0.39, 0.29) is 0 Å². The zero-order chi connectivity index (χ0) is 16.4. The first kappa shape index (κ1) is 19.9. The molecular weight excluding hydrogens is 375 g/mol. The fourth-order valence-corrected chi connectivity index (χ4v) is 20.1. The van der Waals surface area contributed by atoms with Gasteiger partial charge in [0.1, 0.15) is 0 Å². The molecule has 126 valence electrons. The van der Waals surface area contributed by atoms with Gasteiger partial charge in [-0.15, -0.1) is 0 Å². The molecule has 22 heavy (non-hydrogen) atoms. The zero-order valence-corrected chi connectivity index (χ0v) is 18.4. The first-order valence-corrected chi connectivity index (χ1v) is 16.8. The summed E-state index contributed by atoms with van der Waals surface area (Å²) in [7, 11) is 1.86. The first-order valence-electron chi connectivity index (χ1n) is 9.28. The second kappa shape index (κ2) is 10.6. The van der Waals surface area contributed by atoms with Crippen molar-refractivity contribution in [2.45, 2.75) is 79.5 Å². The molecule has 1 nitrogen and oxygen atoms in total. The normalized spacial score (nSPS) is 11.7. The van der Waals surface area contributed by atoms with Crippen LogP contribution in [0.3, 0.4) is 0 Å². The number of unbranched alkanes of at least 4 members (excludes halogenated alkanes) is 3. The maximum absolute atomic E-state index is 5.82. The van der Waals surface area contributed by atoms with Crippen molar-refractivity contribution in [1.29, 1.82) is 0 Å². The Morgan fingerprint density at radius 1 is 0.864 bits per heavy atom. The van der Waals surface area contributed by atoms with Crippen molar-refractivity contribution in [1.82, 2.24) is 0 Å². The summed E-state index contributed by atoms with van der Waals surface area (Å²) in [5.41, 5.74) is 1.32. The average molecular weight is 411 g/mol. The molecule has 0 fully saturated rings. The quantitative estimate of drug-likeness (QED) is 0.403. The summed E-state index contributed by atoms with van der Waals surface area (Å²) in [6.07, 6.45) is 8.18. The molecular formula is C20H36OSn. The van der Waals surface area contributed by atoms with Gasteiger partial charge < -0.3 is 0 Å². The number of benzene rings is 1. The summed E-state index contributed by atoms with van der Waals surface area (Å²) in [4.78, 5) is 0. The molecule has 0 aliphatic heterocycles. The molecule has 1 aromatic rings. The van der Waals surface area contributed by atoms with Gasteiger partial charge >= 0.3 is 143 Å². The fraction of sp³-hybridized carbons (Fsp3) is 0.700. The monoisotopic (exact) mass is 412 g/mol. The summed E-state index contributed by atoms with van der Waals surface area (Å²) in [5, 5.41) is 0. The third kappa shape index (κ3) is 5.47. The van der Waals surface area contributed by atoms with Gasteiger partial charge in [-0.3, -0.25) is 0 Å². The van der Waals surface area contributed by atoms with Gasteiger partial charge in [0.2, 0.25) is 0 Å². The van der Waals surface area contributed by atoms with Gasteiger partial charge in [-0.05, 0) is 0 Å². The van der Waals surface area contributed by atoms with Crippen LogP contribution in [0.5, 0.6) is 5.75 Å². The Balaban J connectivity index is 3.24. The van der Waals surface area contributed by atoms with Crippen LogP contribution in [-0.2, 0) is 0 Å². The second-order valence-corrected chi connectivity index (χ2v) is 19.9. The third-order valence-corrected chi connectivity index (χ3v) is 20.6. The van der Waals surface area contributed by atoms with Crippen molar-refractivity contribution >= 4 is 22.0 Å². The van der Waals surface area contributed by atoms with Gasteiger partial charge in [0.05, 0.1) is 0 Å². The second-order valence-electron chi connectivity index (χ2n) is 6.79. The SMILES string of the molecule is CCC[CH2][Sn]([CH2]CCC)([CH2]CCC)[c]1ccc(C)cc1OC. The average Bonchev–Trinajstić information content (AvgIpc) is 2.54. The van der Waals surface area contributed by atoms with E-state index in [9.17, 15) is 0 Å². The van der Waals surface area contributed by atoms with E-state index in [0.717, 1.165) is 0 Å². The summed E-state index contributed by atoms with van der Waals surface area (Å²) < 4.78 is 12.0. The van der Waals surface area contributed by atoms with Crippen molar-refractivity contribution in [2.75, 3.05) is 7.11 Å². The Labute approximate surface area is 142 Å². The minimum absolute atomic E-state index is 1.19. The van der Waals surface area contributed by atoms with E-state index in [1.165, 1.54) is 63.1 Å². The molecule has 0 aromatic heterocycles. The summed E-state index contributed by atoms with van der Waals surface area (Å²) in [5.74, 6) is 1.19. The molecule has 0 bridgehead atoms. The van der Waals surface area contributed by atoms with Crippen molar-refractivity contribution in [2.24, 2.45) is 0 Å². The van der Waals surface area contributed by atoms with E-state index in [0.29, 0.717) is 0 Å². The molecule has 0 atom stereocenters. The molecule has 0 amide bonds. The van der Waals surface area contributed by atoms with Gasteiger partial charge in [-0.1, -0.05) is 0 Å². The Morgan fingerprint density at radius 2 is 1.36 bits per heavy atom. The molecule has 0 radical (unpaired) electrons. The van der Waals surface area contributed by atoms with Crippen LogP contribution in [-0.4, -0.2) is 25.5 Å². The molecule has 0 aliphatic carbocycles. The molecule has 0 unspecified atom stereocenters. The first-order chi connectivity index (χ1) is 10.6. The Morgan fingerprint density at radius 3 is 1.77 bits per heavy atom. The van der Waals surface area contributed by atoms with E-state index in [2.05, 4.69) is 45.9 Å². The van der Waals surface area contributed by atoms with Crippen molar-refractivity contribution < 1.29 is 4.74 Å². The zero-order valence-electron chi connectivity index (χ0n) is 15.5. The molecule has 0 saturated heterocycles. The Bertz CT molecular complexity index is 406. The van der Waals surface area contributed by atoms with Crippen molar-refractivity contribution in [3.63, 3.8) is 0 Å². The number of methoxy groups -OCH3 is 1. The molecule has 1 aromatic carbocycles. The summed E-state index contributed by atoms with van der Waals surface area (Å²) >= 11 is -2.35. The molecule has 1 rings (SSSR count). The van der Waals surface area contributed by atoms with Crippen molar-refractivity contribution in [3.05, 3.63) is 23.8 Å². The van der Waals surface area contributed by atoms with Gasteiger partial charge in [0.15, 0.2) is 0 Å². The third-order valence-electron chi connectivity index (χ3n) is 4.96. The van der Waals surface area contributed by atoms with Crippen LogP contribution in [0, 0.1) is 6.92 Å². The summed E-state index contributed by atoms with van der Waals surface area (Å²) in [6.45, 7) is 9.18. The van der Waals surface area contributed by atoms with E-state index in [1.54, 1.807) is 3.58 Å². The number of hydrogen-bond donors (Lipinski definition) is 0. The molecule has 0 aliphatic rings. The van der Waals surface area contributed by atoms with E-state index in [1.807, 2.05) is 7.11 Å². The predicted octanol–water partition coefficient (Wildman–Crippen LogP) is 6.06. The van der Waals surface area contributed by atoms with Crippen LogP contribution in [0.2, 0.25) is 13.3 Å². The van der Waals surface area contributed by atoms with E-state index in [4.69, 9.17) is 4.74 Å². The van der Waals surface area contributed by atoms with Crippen molar-refractivity contribution in [3.8, 4) is 5.75 Å². The molecule has 0 N–H and O–H groups in total. The van der Waals surface area contributed by atoms with Gasteiger partial charge in [-0.2, -0.15) is 0 Å². The molecule has 2 heteroatoms. The Hall–Kier alpha value is -0.181. The van der Waals surface area contributed by atoms with E-state index >= 15 is 0 Å². The Kier molecular flexibility index (Phi) is 9.54. The molecule has 0 saturated carbocycles. The van der Waals surface area contributed by atoms with Crippen LogP contribution < -0.4 is 8.32 Å². The predicted molar refractivity (Wildman–Crippen MR) is 102 cm³/mol. The number of ether oxygens (including phenoxy) is 1. The van der Waals surface area contributed by atoms with Crippen LogP contribution in [0.4, 0.5) is 0 Å². The minimum atomic E-state index is -2.35.